The Bertz CT molecular complexity index is 809. The predicted molar refractivity (Wildman–Crippen MR) is 84.6 cm³/mol. The molecular formula is C15H16FN3O3S. The molecule has 6 nitrogen and oxygen atoms in total. The van der Waals surface area contributed by atoms with Crippen molar-refractivity contribution in [1.29, 1.82) is 0 Å². The van der Waals surface area contributed by atoms with Gasteiger partial charge in [-0.1, -0.05) is 12.1 Å². The van der Waals surface area contributed by atoms with Crippen molar-refractivity contribution in [2.24, 2.45) is 0 Å². The predicted octanol–water partition coefficient (Wildman–Crippen LogP) is 1.47. The van der Waals surface area contributed by atoms with Gasteiger partial charge >= 0.3 is 0 Å². The summed E-state index contributed by atoms with van der Waals surface area (Å²) in [5.74, 6) is -0.911. The van der Waals surface area contributed by atoms with Crippen molar-refractivity contribution in [3.63, 3.8) is 0 Å². The van der Waals surface area contributed by atoms with Gasteiger partial charge in [-0.3, -0.25) is 4.79 Å². The average molecular weight is 337 g/mol. The topological polar surface area (TPSA) is 88.2 Å². The molecule has 0 aliphatic rings. The molecule has 0 saturated carbocycles. The van der Waals surface area contributed by atoms with E-state index in [9.17, 15) is 17.6 Å². The van der Waals surface area contributed by atoms with Crippen LogP contribution in [0.25, 0.3) is 0 Å². The number of amides is 1. The number of hydrogen-bond donors (Lipinski definition) is 2. The number of hydrogen-bond acceptors (Lipinski definition) is 5. The van der Waals surface area contributed by atoms with Crippen molar-refractivity contribution >= 4 is 21.6 Å². The zero-order valence-electron chi connectivity index (χ0n) is 12.4. The molecule has 0 aliphatic heterocycles. The van der Waals surface area contributed by atoms with Gasteiger partial charge in [0.05, 0.1) is 5.56 Å². The first-order chi connectivity index (χ1) is 10.9. The zero-order chi connectivity index (χ0) is 16.9. The summed E-state index contributed by atoms with van der Waals surface area (Å²) in [6.07, 6.45) is 2.56. The van der Waals surface area contributed by atoms with Crippen molar-refractivity contribution in [3.05, 3.63) is 54.0 Å². The number of nitrogens with zero attached hydrogens (tertiary/aromatic N) is 1. The minimum atomic E-state index is -3.40. The van der Waals surface area contributed by atoms with Crippen LogP contribution >= 0.6 is 0 Å². The summed E-state index contributed by atoms with van der Waals surface area (Å²) < 4.78 is 36.7. The molecule has 23 heavy (non-hydrogen) atoms. The molecule has 1 aromatic heterocycles. The molecule has 0 unspecified atom stereocenters. The van der Waals surface area contributed by atoms with E-state index in [2.05, 4.69) is 15.6 Å². The number of carbonyl (C=O) groups is 1. The lowest BCUT2D eigenvalue weighted by atomic mass is 10.2. The quantitative estimate of drug-likeness (QED) is 0.779. The van der Waals surface area contributed by atoms with E-state index >= 15 is 0 Å². The second kappa shape index (κ2) is 7.19. The van der Waals surface area contributed by atoms with Gasteiger partial charge in [0, 0.05) is 25.5 Å². The standard InChI is InChI=1S/C15H16FN3O3S/c1-23(21,22)13-7-4-8-17-14(13)18-9-10-19-15(20)11-5-2-3-6-12(11)16/h2-8H,9-10H2,1H3,(H,17,18)(H,19,20). The van der Waals surface area contributed by atoms with Crippen LogP contribution in [-0.4, -0.2) is 38.7 Å². The van der Waals surface area contributed by atoms with Crippen LogP contribution in [0.2, 0.25) is 0 Å². The Morgan fingerprint density at radius 3 is 2.61 bits per heavy atom. The van der Waals surface area contributed by atoms with E-state index in [4.69, 9.17) is 0 Å². The third-order valence-electron chi connectivity index (χ3n) is 2.99. The largest absolute Gasteiger partial charge is 0.367 e. The summed E-state index contributed by atoms with van der Waals surface area (Å²) in [4.78, 5) is 15.9. The molecule has 8 heteroatoms. The van der Waals surface area contributed by atoms with Gasteiger partial charge in [-0.15, -0.1) is 0 Å². The number of rotatable bonds is 6. The second-order valence-electron chi connectivity index (χ2n) is 4.78. The number of anilines is 1. The summed E-state index contributed by atoms with van der Waals surface area (Å²) in [6.45, 7) is 0.437. The van der Waals surface area contributed by atoms with Gasteiger partial charge in [0.15, 0.2) is 9.84 Å². The van der Waals surface area contributed by atoms with Crippen LogP contribution in [0.15, 0.2) is 47.5 Å². The summed E-state index contributed by atoms with van der Waals surface area (Å²) in [5.41, 5.74) is -0.0397. The smallest absolute Gasteiger partial charge is 0.254 e. The van der Waals surface area contributed by atoms with Crippen molar-refractivity contribution in [2.45, 2.75) is 4.90 Å². The van der Waals surface area contributed by atoms with Crippen LogP contribution in [0.3, 0.4) is 0 Å². The fourth-order valence-electron chi connectivity index (χ4n) is 1.92. The van der Waals surface area contributed by atoms with Gasteiger partial charge in [0.1, 0.15) is 16.5 Å². The normalized spacial score (nSPS) is 11.0. The highest BCUT2D eigenvalue weighted by Crippen LogP contribution is 2.17. The summed E-state index contributed by atoms with van der Waals surface area (Å²) in [6, 6.07) is 8.64. The van der Waals surface area contributed by atoms with Crippen LogP contribution in [0, 0.1) is 5.82 Å². The monoisotopic (exact) mass is 337 g/mol. The molecule has 0 bridgehead atoms. The molecule has 1 aromatic carbocycles. The van der Waals surface area contributed by atoms with Gasteiger partial charge < -0.3 is 10.6 Å². The lowest BCUT2D eigenvalue weighted by Gasteiger charge is -2.10. The molecule has 2 rings (SSSR count). The summed E-state index contributed by atoms with van der Waals surface area (Å²) >= 11 is 0. The Balaban J connectivity index is 1.92. The van der Waals surface area contributed by atoms with E-state index < -0.39 is 21.6 Å². The Hall–Kier alpha value is -2.48. The molecule has 1 amide bonds. The second-order valence-corrected chi connectivity index (χ2v) is 6.77. The molecule has 0 aliphatic carbocycles. The molecular weight excluding hydrogens is 321 g/mol. The molecule has 0 atom stereocenters. The van der Waals surface area contributed by atoms with Crippen molar-refractivity contribution in [2.75, 3.05) is 24.7 Å². The fourth-order valence-corrected chi connectivity index (χ4v) is 2.72. The number of halogens is 1. The van der Waals surface area contributed by atoms with Gasteiger partial charge in [-0.2, -0.15) is 0 Å². The fraction of sp³-hybridized carbons (Fsp3) is 0.200. The van der Waals surface area contributed by atoms with E-state index in [0.29, 0.717) is 0 Å². The molecule has 1 heterocycles. The number of nitrogens with one attached hydrogen (secondary N) is 2. The Labute approximate surface area is 133 Å². The molecule has 0 fully saturated rings. The number of benzene rings is 1. The van der Waals surface area contributed by atoms with E-state index in [1.54, 1.807) is 6.07 Å². The highest BCUT2D eigenvalue weighted by atomic mass is 32.2. The number of pyridine rings is 1. The number of carbonyl (C=O) groups excluding carboxylic acids is 1. The summed E-state index contributed by atoms with van der Waals surface area (Å²) in [5, 5.41) is 5.39. The first kappa shape index (κ1) is 16.9. The Morgan fingerprint density at radius 1 is 1.17 bits per heavy atom. The van der Waals surface area contributed by atoms with Crippen LogP contribution in [0.4, 0.5) is 10.2 Å². The average Bonchev–Trinajstić information content (AvgIpc) is 2.51. The first-order valence-electron chi connectivity index (χ1n) is 6.81. The Kier molecular flexibility index (Phi) is 5.28. The van der Waals surface area contributed by atoms with E-state index in [-0.39, 0.29) is 29.4 Å². The minimum Gasteiger partial charge on any atom is -0.367 e. The molecule has 0 saturated heterocycles. The lowest BCUT2D eigenvalue weighted by molar-refractivity contribution is 0.0951. The number of aromatic nitrogens is 1. The summed E-state index contributed by atoms with van der Waals surface area (Å²) in [7, 11) is -3.40. The van der Waals surface area contributed by atoms with Gasteiger partial charge in [-0.25, -0.2) is 17.8 Å². The highest BCUT2D eigenvalue weighted by molar-refractivity contribution is 7.90. The molecule has 2 aromatic rings. The van der Waals surface area contributed by atoms with Crippen LogP contribution in [-0.2, 0) is 9.84 Å². The third-order valence-corrected chi connectivity index (χ3v) is 4.12. The Morgan fingerprint density at radius 2 is 1.91 bits per heavy atom. The van der Waals surface area contributed by atoms with Gasteiger partial charge in [-0.05, 0) is 24.3 Å². The molecule has 122 valence electrons. The number of sulfone groups is 1. The minimum absolute atomic E-state index is 0.0397. The third kappa shape index (κ3) is 4.49. The molecule has 2 N–H and O–H groups in total. The molecule has 0 radical (unpaired) electrons. The van der Waals surface area contributed by atoms with E-state index in [1.807, 2.05) is 0 Å². The first-order valence-corrected chi connectivity index (χ1v) is 8.70. The molecule has 0 spiro atoms. The van der Waals surface area contributed by atoms with E-state index in [1.165, 1.54) is 36.5 Å². The van der Waals surface area contributed by atoms with E-state index in [0.717, 1.165) is 6.26 Å². The van der Waals surface area contributed by atoms with Crippen molar-refractivity contribution < 1.29 is 17.6 Å². The highest BCUT2D eigenvalue weighted by Gasteiger charge is 2.14. The zero-order valence-corrected chi connectivity index (χ0v) is 13.2. The maximum absolute atomic E-state index is 13.4. The maximum atomic E-state index is 13.4. The maximum Gasteiger partial charge on any atom is 0.254 e. The van der Waals surface area contributed by atoms with Crippen LogP contribution < -0.4 is 10.6 Å². The van der Waals surface area contributed by atoms with Crippen molar-refractivity contribution in [3.8, 4) is 0 Å². The SMILES string of the molecule is CS(=O)(=O)c1cccnc1NCCNC(=O)c1ccccc1F. The van der Waals surface area contributed by atoms with Gasteiger partial charge in [0.2, 0.25) is 0 Å². The lowest BCUT2D eigenvalue weighted by Crippen LogP contribution is -2.29. The van der Waals surface area contributed by atoms with Gasteiger partial charge in [0.25, 0.3) is 5.91 Å². The van der Waals surface area contributed by atoms with Crippen LogP contribution in [0.1, 0.15) is 10.4 Å². The van der Waals surface area contributed by atoms with Crippen molar-refractivity contribution in [1.82, 2.24) is 10.3 Å². The van der Waals surface area contributed by atoms with Crippen LogP contribution in [0.5, 0.6) is 0 Å².